The average Bonchev–Trinajstić information content (AvgIpc) is 3.41. The monoisotopic (exact) mass is 405 g/mol. The van der Waals surface area contributed by atoms with E-state index in [4.69, 9.17) is 9.15 Å². The van der Waals surface area contributed by atoms with Crippen molar-refractivity contribution in [3.8, 4) is 5.75 Å². The predicted octanol–water partition coefficient (Wildman–Crippen LogP) is 5.36. The van der Waals surface area contributed by atoms with E-state index in [0.717, 1.165) is 84.8 Å². The van der Waals surface area contributed by atoms with Crippen molar-refractivity contribution in [1.82, 2.24) is 4.90 Å². The molecule has 0 unspecified atom stereocenters. The third-order valence-electron chi connectivity index (χ3n) is 7.31. The largest absolute Gasteiger partial charge is 0.492 e. The van der Waals surface area contributed by atoms with Gasteiger partial charge in [-0.3, -0.25) is 4.79 Å². The van der Waals surface area contributed by atoms with Crippen LogP contribution in [0.1, 0.15) is 84.5 Å². The Morgan fingerprint density at radius 1 is 1.17 bits per heavy atom. The molecule has 1 saturated carbocycles. The van der Waals surface area contributed by atoms with Gasteiger partial charge in [0, 0.05) is 17.7 Å². The Kier molecular flexibility index (Phi) is 5.06. The number of carbonyl (C=O) groups excluding carboxylic acids is 1. The second-order valence-electron chi connectivity index (χ2n) is 8.79. The highest BCUT2D eigenvalue weighted by Crippen LogP contribution is 2.54. The molecule has 0 bridgehead atoms. The molecule has 1 heterocycles. The van der Waals surface area contributed by atoms with Gasteiger partial charge in [-0.2, -0.15) is 0 Å². The van der Waals surface area contributed by atoms with Crippen LogP contribution in [0.15, 0.2) is 28.7 Å². The van der Waals surface area contributed by atoms with E-state index < -0.39 is 0 Å². The van der Waals surface area contributed by atoms with Crippen molar-refractivity contribution in [3.05, 3.63) is 58.0 Å². The molecule has 4 heteroatoms. The number of hydrogen-bond acceptors (Lipinski definition) is 4. The molecule has 3 aliphatic carbocycles. The molecule has 0 amide bonds. The van der Waals surface area contributed by atoms with Crippen molar-refractivity contribution in [2.45, 2.75) is 57.8 Å². The van der Waals surface area contributed by atoms with Crippen LogP contribution in [0.25, 0.3) is 6.08 Å². The van der Waals surface area contributed by atoms with E-state index in [0.29, 0.717) is 6.61 Å². The molecule has 0 atom stereocenters. The molecule has 1 aromatic heterocycles. The third kappa shape index (κ3) is 2.96. The third-order valence-corrected chi connectivity index (χ3v) is 7.31. The lowest BCUT2D eigenvalue weighted by Crippen LogP contribution is -2.33. The number of allylic oxidation sites excluding steroid dienone is 1. The molecule has 0 N–H and O–H groups in total. The first-order valence-corrected chi connectivity index (χ1v) is 11.5. The summed E-state index contributed by atoms with van der Waals surface area (Å²) in [5.74, 6) is 2.82. The van der Waals surface area contributed by atoms with Gasteiger partial charge in [0.2, 0.25) is 0 Å². The number of likely N-dealkylation sites (N-methyl/N-ethyl adjacent to an activating group) is 1. The molecular formula is C26H31NO3. The van der Waals surface area contributed by atoms with Crippen molar-refractivity contribution in [3.63, 3.8) is 0 Å². The number of nitrogens with zero attached hydrogens (tertiary/aromatic N) is 1. The molecule has 1 aromatic carbocycles. The highest BCUT2D eigenvalue weighted by Gasteiger charge is 2.50. The molecule has 30 heavy (non-hydrogen) atoms. The molecular weight excluding hydrogens is 374 g/mol. The van der Waals surface area contributed by atoms with E-state index in [1.165, 1.54) is 12.8 Å². The summed E-state index contributed by atoms with van der Waals surface area (Å²) in [4.78, 5) is 15.9. The van der Waals surface area contributed by atoms with Crippen molar-refractivity contribution < 1.29 is 13.9 Å². The molecule has 0 saturated heterocycles. The lowest BCUT2D eigenvalue weighted by Gasteiger charge is -2.34. The van der Waals surface area contributed by atoms with Crippen LogP contribution in [0.4, 0.5) is 0 Å². The van der Waals surface area contributed by atoms with Gasteiger partial charge >= 0.3 is 0 Å². The van der Waals surface area contributed by atoms with E-state index in [1.807, 2.05) is 12.1 Å². The van der Waals surface area contributed by atoms with Gasteiger partial charge in [-0.15, -0.1) is 0 Å². The lowest BCUT2D eigenvalue weighted by molar-refractivity contribution is 0.102. The summed E-state index contributed by atoms with van der Waals surface area (Å²) in [6.07, 6.45) is 10.5. The summed E-state index contributed by atoms with van der Waals surface area (Å²) in [6, 6.07) is 6.09. The Balaban J connectivity index is 1.53. The fourth-order valence-electron chi connectivity index (χ4n) is 5.63. The molecule has 1 spiro atoms. The van der Waals surface area contributed by atoms with Gasteiger partial charge in [-0.1, -0.05) is 32.8 Å². The van der Waals surface area contributed by atoms with Crippen molar-refractivity contribution in [2.24, 2.45) is 0 Å². The minimum absolute atomic E-state index is 0.132. The summed E-state index contributed by atoms with van der Waals surface area (Å²) < 4.78 is 12.5. The first kappa shape index (κ1) is 19.6. The second kappa shape index (κ2) is 7.73. The fraction of sp³-hybridized carbons (Fsp3) is 0.500. The van der Waals surface area contributed by atoms with Crippen LogP contribution < -0.4 is 4.74 Å². The summed E-state index contributed by atoms with van der Waals surface area (Å²) in [7, 11) is 0. The zero-order chi connectivity index (χ0) is 20.7. The highest BCUT2D eigenvalue weighted by molar-refractivity contribution is 6.14. The van der Waals surface area contributed by atoms with Gasteiger partial charge in [-0.05, 0) is 68.6 Å². The molecule has 0 radical (unpaired) electrons. The van der Waals surface area contributed by atoms with Crippen molar-refractivity contribution >= 4 is 11.9 Å². The molecule has 2 aromatic rings. The van der Waals surface area contributed by atoms with Crippen LogP contribution in [0.2, 0.25) is 0 Å². The normalized spacial score (nSPS) is 18.6. The quantitative estimate of drug-likeness (QED) is 0.648. The Hall–Kier alpha value is -2.33. The molecule has 5 rings (SSSR count). The van der Waals surface area contributed by atoms with E-state index in [9.17, 15) is 4.79 Å². The van der Waals surface area contributed by atoms with E-state index in [2.05, 4.69) is 37.0 Å². The van der Waals surface area contributed by atoms with Gasteiger partial charge in [-0.25, -0.2) is 0 Å². The Morgan fingerprint density at radius 2 is 1.97 bits per heavy atom. The van der Waals surface area contributed by atoms with Crippen LogP contribution in [0.5, 0.6) is 5.75 Å². The fourth-order valence-corrected chi connectivity index (χ4v) is 5.63. The summed E-state index contributed by atoms with van der Waals surface area (Å²) in [5.41, 5.74) is 3.77. The lowest BCUT2D eigenvalue weighted by atomic mass is 9.67. The van der Waals surface area contributed by atoms with Gasteiger partial charge < -0.3 is 14.1 Å². The maximum atomic E-state index is 13.5. The van der Waals surface area contributed by atoms with Gasteiger partial charge in [0.1, 0.15) is 23.9 Å². The average molecular weight is 406 g/mol. The van der Waals surface area contributed by atoms with Crippen molar-refractivity contribution in [1.29, 1.82) is 0 Å². The maximum Gasteiger partial charge on any atom is 0.197 e. The number of ether oxygens (including phenoxy) is 1. The number of ketones is 1. The number of benzene rings is 1. The summed E-state index contributed by atoms with van der Waals surface area (Å²) >= 11 is 0. The zero-order valence-corrected chi connectivity index (χ0v) is 18.1. The van der Waals surface area contributed by atoms with E-state index in [1.54, 1.807) is 0 Å². The molecule has 158 valence electrons. The molecule has 3 aliphatic rings. The van der Waals surface area contributed by atoms with E-state index >= 15 is 0 Å². The van der Waals surface area contributed by atoms with Crippen LogP contribution in [0, 0.1) is 0 Å². The Morgan fingerprint density at radius 3 is 2.73 bits per heavy atom. The van der Waals surface area contributed by atoms with Crippen LogP contribution >= 0.6 is 0 Å². The van der Waals surface area contributed by atoms with Crippen LogP contribution in [-0.2, 0) is 11.8 Å². The number of hydrogen-bond donors (Lipinski definition) is 0. The highest BCUT2D eigenvalue weighted by atomic mass is 16.5. The van der Waals surface area contributed by atoms with Gasteiger partial charge in [0.15, 0.2) is 5.78 Å². The second-order valence-corrected chi connectivity index (χ2v) is 8.79. The molecule has 4 nitrogen and oxygen atoms in total. The van der Waals surface area contributed by atoms with Crippen LogP contribution in [0.3, 0.4) is 0 Å². The topological polar surface area (TPSA) is 42.7 Å². The minimum Gasteiger partial charge on any atom is -0.492 e. The number of rotatable bonds is 6. The summed E-state index contributed by atoms with van der Waals surface area (Å²) in [5, 5.41) is 0. The number of carbonyl (C=O) groups is 1. The number of fused-ring (bicyclic) bond motifs is 6. The first-order chi connectivity index (χ1) is 14.7. The van der Waals surface area contributed by atoms with Gasteiger partial charge in [0.25, 0.3) is 0 Å². The van der Waals surface area contributed by atoms with Gasteiger partial charge in [0.05, 0.1) is 11.0 Å². The standard InChI is InChI=1S/C26H31NO3/c1-3-27(4-2)15-16-29-18-11-12-19-21(17-18)26(13-7-8-14-26)25-23(24(19)28)20-9-5-6-10-22(20)30-25/h6,10-12,17H,3-5,7-9,13-16H2,1-2H3. The maximum absolute atomic E-state index is 13.5. The number of furan rings is 1. The predicted molar refractivity (Wildman–Crippen MR) is 118 cm³/mol. The Labute approximate surface area is 178 Å². The van der Waals surface area contributed by atoms with E-state index in [-0.39, 0.29) is 11.2 Å². The SMILES string of the molecule is CCN(CC)CCOc1ccc2c(c1)C1(CCCC1)c1oc3c(c1C2=O)CCC=C3. The van der Waals surface area contributed by atoms with Crippen LogP contribution in [-0.4, -0.2) is 36.9 Å². The Bertz CT molecular complexity index is 990. The first-order valence-electron chi connectivity index (χ1n) is 11.5. The molecule has 1 fully saturated rings. The summed E-state index contributed by atoms with van der Waals surface area (Å²) in [6.45, 7) is 7.98. The zero-order valence-electron chi connectivity index (χ0n) is 18.1. The molecule has 0 aliphatic heterocycles. The van der Waals surface area contributed by atoms with Crippen molar-refractivity contribution in [2.75, 3.05) is 26.2 Å². The smallest absolute Gasteiger partial charge is 0.197 e. The minimum atomic E-state index is -0.179.